The molecular weight excluding hydrogens is 281 g/mol. The predicted molar refractivity (Wildman–Crippen MR) is 71.0 cm³/mol. The summed E-state index contributed by atoms with van der Waals surface area (Å²) in [7, 11) is 0. The molecule has 2 atom stereocenters. The molecule has 0 saturated carbocycles. The zero-order valence-corrected chi connectivity index (χ0v) is 11.5. The lowest BCUT2D eigenvalue weighted by Gasteiger charge is -2.15. The maximum absolute atomic E-state index is 10.5. The zero-order valence-electron chi connectivity index (χ0n) is 8.94. The highest BCUT2D eigenvalue weighted by Crippen LogP contribution is 2.65. The predicted octanol–water partition coefficient (Wildman–Crippen LogP) is 3.35. The van der Waals surface area contributed by atoms with Crippen molar-refractivity contribution in [2.75, 3.05) is 5.75 Å². The van der Waals surface area contributed by atoms with E-state index in [0.29, 0.717) is 5.75 Å². The van der Waals surface area contributed by atoms with Crippen LogP contribution in [0.1, 0.15) is 6.92 Å². The molecule has 8 heteroatoms. The highest BCUT2D eigenvalue weighted by atomic mass is 32.9. The average Bonchev–Trinajstić information content (AvgIpc) is 2.59. The second-order valence-electron chi connectivity index (χ2n) is 3.50. The summed E-state index contributed by atoms with van der Waals surface area (Å²) in [5.41, 5.74) is -2.28. The van der Waals surface area contributed by atoms with Gasteiger partial charge in [0.25, 0.3) is 11.4 Å². The normalized spacial score (nSPS) is 27.9. The molecule has 0 aromatic heterocycles. The molecule has 0 spiro atoms. The number of benzene rings is 1. The highest BCUT2D eigenvalue weighted by molar-refractivity contribution is 8.68. The van der Waals surface area contributed by atoms with Gasteiger partial charge in [-0.3, -0.25) is 10.1 Å². The third kappa shape index (κ3) is 3.19. The van der Waals surface area contributed by atoms with Crippen molar-refractivity contribution in [3.8, 4) is 5.75 Å². The lowest BCUT2D eigenvalue weighted by atomic mass is 10.3. The van der Waals surface area contributed by atoms with E-state index >= 15 is 0 Å². The Morgan fingerprint density at radius 2 is 2.24 bits per heavy atom. The molecule has 1 aromatic carbocycles. The summed E-state index contributed by atoms with van der Waals surface area (Å²) in [4.78, 5) is 10.0. The van der Waals surface area contributed by atoms with Crippen LogP contribution in [0.15, 0.2) is 24.3 Å². The molecule has 5 nitrogen and oxygen atoms in total. The molecule has 0 N–H and O–H groups in total. The highest BCUT2D eigenvalue weighted by Gasteiger charge is 2.32. The Hall–Kier alpha value is -0.620. The molecule has 1 aliphatic rings. The van der Waals surface area contributed by atoms with Gasteiger partial charge in [-0.2, -0.15) is 0 Å². The number of nitrogens with zero attached hydrogens (tertiary/aromatic N) is 1. The van der Waals surface area contributed by atoms with Gasteiger partial charge in [-0.1, -0.05) is 11.4 Å². The van der Waals surface area contributed by atoms with Gasteiger partial charge < -0.3 is 9.05 Å². The Kier molecular flexibility index (Phi) is 3.73. The number of hydrogen-bond acceptors (Lipinski definition) is 6. The lowest BCUT2D eigenvalue weighted by Crippen LogP contribution is -2.00. The topological polar surface area (TPSA) is 61.6 Å². The van der Waals surface area contributed by atoms with Gasteiger partial charge >= 0.3 is 0 Å². The fraction of sp³-hybridized carbons (Fsp3) is 0.333. The molecule has 17 heavy (non-hydrogen) atoms. The molecule has 0 radical (unpaired) electrons. The van der Waals surface area contributed by atoms with Gasteiger partial charge in [-0.25, -0.2) is 0 Å². The first-order valence-electron chi connectivity index (χ1n) is 4.85. The summed E-state index contributed by atoms with van der Waals surface area (Å²) >= 11 is 6.81. The first-order valence-corrected chi connectivity index (χ1v) is 9.08. The maximum atomic E-state index is 10.5. The molecule has 0 bridgehead atoms. The van der Waals surface area contributed by atoms with Gasteiger partial charge in [0.15, 0.2) is 0 Å². The van der Waals surface area contributed by atoms with Crippen molar-refractivity contribution in [3.63, 3.8) is 0 Å². The largest absolute Gasteiger partial charge is 0.436 e. The molecule has 2 rings (SSSR count). The zero-order chi connectivity index (χ0) is 12.5. The summed E-state index contributed by atoms with van der Waals surface area (Å²) in [5, 5.41) is 10.5. The molecular formula is C9H10NO4PS2. The third-order valence-electron chi connectivity index (χ3n) is 2.04. The molecule has 1 heterocycles. The van der Waals surface area contributed by atoms with E-state index < -0.39 is 10.6 Å². The Balaban J connectivity index is 2.09. The van der Waals surface area contributed by atoms with E-state index in [1.807, 2.05) is 6.92 Å². The van der Waals surface area contributed by atoms with Crippen LogP contribution in [0.4, 0.5) is 5.69 Å². The summed E-state index contributed by atoms with van der Waals surface area (Å²) in [6.45, 7) is 1.94. The minimum Gasteiger partial charge on any atom is -0.436 e. The van der Waals surface area contributed by atoms with E-state index in [0.717, 1.165) is 5.75 Å². The molecule has 1 fully saturated rings. The summed E-state index contributed by atoms with van der Waals surface area (Å²) < 4.78 is 11.2. The fourth-order valence-corrected chi connectivity index (χ4v) is 6.36. The van der Waals surface area contributed by atoms with Gasteiger partial charge in [-0.05, 0) is 30.9 Å². The Morgan fingerprint density at radius 1 is 1.59 bits per heavy atom. The molecule has 1 saturated heterocycles. The summed E-state index contributed by atoms with van der Waals surface area (Å²) in [6.07, 6.45) is 0.101. The minimum atomic E-state index is -2.31. The Morgan fingerprint density at radius 3 is 2.71 bits per heavy atom. The van der Waals surface area contributed by atoms with Crippen molar-refractivity contribution in [3.05, 3.63) is 34.4 Å². The van der Waals surface area contributed by atoms with E-state index in [2.05, 4.69) is 0 Å². The van der Waals surface area contributed by atoms with E-state index in [4.69, 9.17) is 20.9 Å². The van der Waals surface area contributed by atoms with Crippen LogP contribution in [-0.2, 0) is 16.3 Å². The van der Waals surface area contributed by atoms with Crippen LogP contribution in [0.2, 0.25) is 0 Å². The van der Waals surface area contributed by atoms with Crippen molar-refractivity contribution in [2.45, 2.75) is 13.0 Å². The van der Waals surface area contributed by atoms with Gasteiger partial charge in [0, 0.05) is 17.9 Å². The van der Waals surface area contributed by atoms with Crippen molar-refractivity contribution < 1.29 is 14.0 Å². The van der Waals surface area contributed by atoms with Crippen LogP contribution in [0.3, 0.4) is 0 Å². The van der Waals surface area contributed by atoms with E-state index in [-0.39, 0.29) is 11.8 Å². The maximum Gasteiger partial charge on any atom is 0.297 e. The van der Waals surface area contributed by atoms with Crippen molar-refractivity contribution in [1.82, 2.24) is 0 Å². The lowest BCUT2D eigenvalue weighted by molar-refractivity contribution is -0.384. The van der Waals surface area contributed by atoms with E-state index in [9.17, 15) is 10.1 Å². The number of hydrogen-bond donors (Lipinski definition) is 0. The first kappa shape index (κ1) is 12.8. The second kappa shape index (κ2) is 4.94. The number of nitro benzene ring substituents is 1. The first-order chi connectivity index (χ1) is 7.98. The van der Waals surface area contributed by atoms with Crippen LogP contribution in [-0.4, -0.2) is 16.8 Å². The second-order valence-corrected chi connectivity index (χ2v) is 9.73. The van der Waals surface area contributed by atoms with Crippen LogP contribution in [0, 0.1) is 10.1 Å². The van der Waals surface area contributed by atoms with Gasteiger partial charge in [0.2, 0.25) is 0 Å². The smallest absolute Gasteiger partial charge is 0.297 e. The fourth-order valence-electron chi connectivity index (χ4n) is 1.28. The van der Waals surface area contributed by atoms with Crippen LogP contribution in [0.25, 0.3) is 0 Å². The summed E-state index contributed by atoms with van der Waals surface area (Å²) in [5.74, 6) is 1.34. The Bertz CT molecular complexity index is 478. The van der Waals surface area contributed by atoms with Crippen LogP contribution in [0.5, 0.6) is 5.75 Å². The van der Waals surface area contributed by atoms with Crippen molar-refractivity contribution >= 4 is 34.6 Å². The molecule has 0 amide bonds. The van der Waals surface area contributed by atoms with E-state index in [1.165, 1.54) is 23.5 Å². The molecule has 0 aliphatic carbocycles. The standard InChI is InChI=1S/C9H10NO4PS2/c1-7-6-17-15(16,13-7)14-9-4-2-8(3-5-9)10(11)12/h2-5,7H,6H2,1H3/t7-,15?/m1/s1. The number of rotatable bonds is 3. The van der Waals surface area contributed by atoms with Crippen molar-refractivity contribution in [2.24, 2.45) is 0 Å². The quantitative estimate of drug-likeness (QED) is 0.483. The molecule has 1 unspecified atom stereocenters. The average molecular weight is 291 g/mol. The SMILES string of the molecule is C[C@@H]1CSP(=S)(Oc2ccc([N+](=O)[O-])cc2)O1. The third-order valence-corrected chi connectivity index (χ3v) is 7.34. The molecule has 1 aliphatic heterocycles. The van der Waals surface area contributed by atoms with Crippen molar-refractivity contribution in [1.29, 1.82) is 0 Å². The van der Waals surface area contributed by atoms with Gasteiger partial charge in [-0.15, -0.1) is 0 Å². The summed E-state index contributed by atoms with van der Waals surface area (Å²) in [6, 6.07) is 5.86. The minimum absolute atomic E-state index is 0.0301. The van der Waals surface area contributed by atoms with E-state index in [1.54, 1.807) is 12.1 Å². The Labute approximate surface area is 108 Å². The molecule has 1 aromatic rings. The number of non-ortho nitro benzene ring substituents is 1. The van der Waals surface area contributed by atoms with Gasteiger partial charge in [0.1, 0.15) is 5.75 Å². The number of nitro groups is 1. The monoisotopic (exact) mass is 291 g/mol. The molecule has 92 valence electrons. The van der Waals surface area contributed by atoms with Crippen LogP contribution >= 0.6 is 17.1 Å². The van der Waals surface area contributed by atoms with Gasteiger partial charge in [0.05, 0.1) is 11.0 Å². The van der Waals surface area contributed by atoms with Crippen LogP contribution < -0.4 is 4.52 Å².